The Morgan fingerprint density at radius 2 is 1.58 bits per heavy atom. The number of nitrogens with one attached hydrogen (secondary N) is 3. The minimum absolute atomic E-state index is 0.246. The van der Waals surface area contributed by atoms with Gasteiger partial charge in [-0.3, -0.25) is 19.2 Å². The standard InChI is InChI=1S/C37H39N5O8/c1-7-33(43)39-29-20-25(11-12-27(29)36(45)42-13-15-50-16-14-42)38-30-17-24(21-41(3)37(30)46)26-9-8-10-28(22(26)2)40-35(44)23-18-31(47-4)34(49-6)32(19-23)48-5/h7-12,17-21,38H,1,13-16H2,2-6H3,(H,39,43)(H,40,44). The minimum atomic E-state index is -0.483. The van der Waals surface area contributed by atoms with E-state index in [0.29, 0.717) is 71.6 Å². The average Bonchev–Trinajstić information content (AvgIpc) is 3.13. The van der Waals surface area contributed by atoms with Crippen molar-refractivity contribution in [2.24, 2.45) is 7.05 Å². The van der Waals surface area contributed by atoms with Crippen LogP contribution in [-0.2, 0) is 16.6 Å². The fourth-order valence-electron chi connectivity index (χ4n) is 5.63. The lowest BCUT2D eigenvalue weighted by molar-refractivity contribution is -0.111. The van der Waals surface area contributed by atoms with Gasteiger partial charge in [0.25, 0.3) is 17.4 Å². The van der Waals surface area contributed by atoms with Gasteiger partial charge in [0.2, 0.25) is 11.7 Å². The van der Waals surface area contributed by atoms with Crippen molar-refractivity contribution in [1.82, 2.24) is 9.47 Å². The Kier molecular flexibility index (Phi) is 10.9. The average molecular weight is 682 g/mol. The molecular weight excluding hydrogens is 642 g/mol. The molecule has 0 saturated carbocycles. The molecule has 1 fully saturated rings. The van der Waals surface area contributed by atoms with Crippen LogP contribution in [0.1, 0.15) is 26.3 Å². The van der Waals surface area contributed by atoms with Crippen molar-refractivity contribution < 1.29 is 33.3 Å². The Morgan fingerprint density at radius 3 is 2.22 bits per heavy atom. The summed E-state index contributed by atoms with van der Waals surface area (Å²) in [7, 11) is 6.08. The molecule has 3 amide bonds. The molecule has 1 aliphatic heterocycles. The Labute approximate surface area is 289 Å². The summed E-state index contributed by atoms with van der Waals surface area (Å²) in [5.41, 5.74) is 4.11. The van der Waals surface area contributed by atoms with Gasteiger partial charge in [-0.15, -0.1) is 0 Å². The monoisotopic (exact) mass is 681 g/mol. The second-order valence-electron chi connectivity index (χ2n) is 11.4. The fourth-order valence-corrected chi connectivity index (χ4v) is 5.63. The smallest absolute Gasteiger partial charge is 0.274 e. The predicted octanol–water partition coefficient (Wildman–Crippen LogP) is 4.98. The van der Waals surface area contributed by atoms with Gasteiger partial charge in [0, 0.05) is 48.8 Å². The number of ether oxygens (including phenoxy) is 4. The Bertz CT molecular complexity index is 1990. The van der Waals surface area contributed by atoms with Crippen LogP contribution in [0.3, 0.4) is 0 Å². The third-order valence-corrected chi connectivity index (χ3v) is 8.27. The van der Waals surface area contributed by atoms with E-state index in [-0.39, 0.29) is 28.7 Å². The molecule has 4 aromatic rings. The molecule has 5 rings (SSSR count). The highest BCUT2D eigenvalue weighted by Crippen LogP contribution is 2.39. The number of aromatic nitrogens is 1. The van der Waals surface area contributed by atoms with Crippen molar-refractivity contribution in [2.45, 2.75) is 6.92 Å². The number of nitrogens with zero attached hydrogens (tertiary/aromatic N) is 2. The number of pyridine rings is 1. The number of hydrogen-bond acceptors (Lipinski definition) is 9. The molecule has 3 aromatic carbocycles. The highest BCUT2D eigenvalue weighted by atomic mass is 16.5. The van der Waals surface area contributed by atoms with Gasteiger partial charge in [-0.2, -0.15) is 0 Å². The lowest BCUT2D eigenvalue weighted by Gasteiger charge is -2.27. The van der Waals surface area contributed by atoms with Gasteiger partial charge in [-0.25, -0.2) is 0 Å². The molecule has 0 aliphatic carbocycles. The molecule has 1 saturated heterocycles. The molecule has 2 heterocycles. The molecule has 0 atom stereocenters. The lowest BCUT2D eigenvalue weighted by Crippen LogP contribution is -2.41. The van der Waals surface area contributed by atoms with E-state index in [1.807, 2.05) is 19.1 Å². The first-order valence-corrected chi connectivity index (χ1v) is 15.7. The van der Waals surface area contributed by atoms with Crippen LogP contribution in [0.25, 0.3) is 11.1 Å². The van der Waals surface area contributed by atoms with E-state index in [1.54, 1.807) is 60.6 Å². The van der Waals surface area contributed by atoms with Crippen LogP contribution in [0.15, 0.2) is 78.2 Å². The summed E-state index contributed by atoms with van der Waals surface area (Å²) in [6, 6.07) is 15.2. The molecule has 1 aromatic heterocycles. The van der Waals surface area contributed by atoms with E-state index < -0.39 is 5.91 Å². The van der Waals surface area contributed by atoms with Crippen molar-refractivity contribution in [1.29, 1.82) is 0 Å². The topological polar surface area (TPSA) is 149 Å². The second-order valence-corrected chi connectivity index (χ2v) is 11.4. The quantitative estimate of drug-likeness (QED) is 0.186. The van der Waals surface area contributed by atoms with Crippen molar-refractivity contribution >= 4 is 40.5 Å². The van der Waals surface area contributed by atoms with Crippen LogP contribution >= 0.6 is 0 Å². The van der Waals surface area contributed by atoms with Crippen molar-refractivity contribution in [2.75, 3.05) is 63.6 Å². The number of anilines is 4. The van der Waals surface area contributed by atoms with Gasteiger partial charge in [-0.1, -0.05) is 18.7 Å². The van der Waals surface area contributed by atoms with Crippen LogP contribution in [0.5, 0.6) is 17.2 Å². The molecule has 260 valence electrons. The number of rotatable bonds is 11. The summed E-state index contributed by atoms with van der Waals surface area (Å²) < 4.78 is 23.0. The number of methoxy groups -OCH3 is 3. The maximum Gasteiger partial charge on any atom is 0.274 e. The fraction of sp³-hybridized carbons (Fsp3) is 0.243. The van der Waals surface area contributed by atoms with Crippen molar-refractivity contribution in [3.8, 4) is 28.4 Å². The highest BCUT2D eigenvalue weighted by molar-refractivity contribution is 6.07. The van der Waals surface area contributed by atoms with E-state index in [2.05, 4.69) is 22.5 Å². The summed E-state index contributed by atoms with van der Waals surface area (Å²) in [4.78, 5) is 54.0. The Hall–Kier alpha value is -6.08. The van der Waals surface area contributed by atoms with Gasteiger partial charge in [0.1, 0.15) is 5.69 Å². The molecule has 1 aliphatic rings. The van der Waals surface area contributed by atoms with Gasteiger partial charge in [-0.05, 0) is 66.6 Å². The van der Waals surface area contributed by atoms with E-state index in [9.17, 15) is 19.2 Å². The minimum Gasteiger partial charge on any atom is -0.493 e. The highest BCUT2D eigenvalue weighted by Gasteiger charge is 2.23. The zero-order valence-corrected chi connectivity index (χ0v) is 28.5. The number of amides is 3. The van der Waals surface area contributed by atoms with Gasteiger partial charge < -0.3 is 44.4 Å². The van der Waals surface area contributed by atoms with E-state index in [0.717, 1.165) is 17.2 Å². The molecule has 13 heteroatoms. The molecule has 0 unspecified atom stereocenters. The van der Waals surface area contributed by atoms with E-state index in [1.165, 1.54) is 25.9 Å². The Balaban J connectivity index is 1.45. The first kappa shape index (κ1) is 35.2. The lowest BCUT2D eigenvalue weighted by atomic mass is 9.99. The van der Waals surface area contributed by atoms with E-state index >= 15 is 0 Å². The number of aryl methyl sites for hydroxylation is 1. The number of benzene rings is 3. The van der Waals surface area contributed by atoms with Crippen LogP contribution in [-0.4, -0.2) is 74.8 Å². The van der Waals surface area contributed by atoms with Gasteiger partial charge >= 0.3 is 0 Å². The van der Waals surface area contributed by atoms with Crippen LogP contribution in [0.2, 0.25) is 0 Å². The molecular formula is C37H39N5O8. The van der Waals surface area contributed by atoms with Crippen LogP contribution < -0.4 is 35.7 Å². The SMILES string of the molecule is C=CC(=O)Nc1cc(Nc2cc(-c3cccc(NC(=O)c4cc(OC)c(OC)c(OC)c4)c3C)cn(C)c2=O)ccc1C(=O)N1CCOCC1. The van der Waals surface area contributed by atoms with Crippen molar-refractivity contribution in [3.05, 3.63) is 100 Å². The Morgan fingerprint density at radius 1 is 0.880 bits per heavy atom. The third-order valence-electron chi connectivity index (χ3n) is 8.27. The van der Waals surface area contributed by atoms with Crippen LogP contribution in [0.4, 0.5) is 22.7 Å². The number of carbonyl (C=O) groups excluding carboxylic acids is 3. The number of carbonyl (C=O) groups is 3. The largest absolute Gasteiger partial charge is 0.493 e. The summed E-state index contributed by atoms with van der Waals surface area (Å²) >= 11 is 0. The normalized spacial score (nSPS) is 12.5. The van der Waals surface area contributed by atoms with E-state index in [4.69, 9.17) is 18.9 Å². The molecule has 0 radical (unpaired) electrons. The maximum absolute atomic E-state index is 13.4. The number of morpholine rings is 1. The number of hydrogen-bond donors (Lipinski definition) is 3. The molecule has 50 heavy (non-hydrogen) atoms. The van der Waals surface area contributed by atoms with Gasteiger partial charge in [0.05, 0.1) is 45.8 Å². The molecule has 13 nitrogen and oxygen atoms in total. The van der Waals surface area contributed by atoms with Crippen LogP contribution in [0, 0.1) is 6.92 Å². The summed E-state index contributed by atoms with van der Waals surface area (Å²) in [5, 5.41) is 8.84. The maximum atomic E-state index is 13.4. The van der Waals surface area contributed by atoms with Gasteiger partial charge in [0.15, 0.2) is 11.5 Å². The molecule has 3 N–H and O–H groups in total. The second kappa shape index (κ2) is 15.4. The predicted molar refractivity (Wildman–Crippen MR) is 191 cm³/mol. The molecule has 0 bridgehead atoms. The first-order valence-electron chi connectivity index (χ1n) is 15.7. The third kappa shape index (κ3) is 7.47. The summed E-state index contributed by atoms with van der Waals surface area (Å²) in [5.74, 6) is -0.0441. The van der Waals surface area contributed by atoms with Crippen molar-refractivity contribution in [3.63, 3.8) is 0 Å². The first-order chi connectivity index (χ1) is 24.1. The zero-order chi connectivity index (χ0) is 35.9. The zero-order valence-electron chi connectivity index (χ0n) is 28.5. The summed E-state index contributed by atoms with van der Waals surface area (Å²) in [6.07, 6.45) is 2.83. The molecule has 0 spiro atoms. The summed E-state index contributed by atoms with van der Waals surface area (Å²) in [6.45, 7) is 7.12.